The first kappa shape index (κ1) is 20.8. The minimum absolute atomic E-state index is 0.103. The van der Waals surface area contributed by atoms with Crippen molar-refractivity contribution < 1.29 is 19.1 Å². The maximum atomic E-state index is 11.1. The molecule has 7 heteroatoms. The zero-order valence-corrected chi connectivity index (χ0v) is 16.7. The van der Waals surface area contributed by atoms with Gasteiger partial charge < -0.3 is 20.0 Å². The summed E-state index contributed by atoms with van der Waals surface area (Å²) in [4.78, 5) is 11.1. The van der Waals surface area contributed by atoms with E-state index in [-0.39, 0.29) is 13.0 Å². The largest absolute Gasteiger partial charge is 0.489 e. The Kier molecular flexibility index (Phi) is 5.61. The lowest BCUT2D eigenvalue weighted by atomic mass is 9.59. The van der Waals surface area contributed by atoms with E-state index in [1.807, 2.05) is 42.5 Å². The first-order valence-electron chi connectivity index (χ1n) is 9.71. The topological polar surface area (TPSA) is 85.7 Å². The van der Waals surface area contributed by atoms with E-state index in [1.165, 1.54) is 0 Å². The van der Waals surface area contributed by atoms with E-state index >= 15 is 0 Å². The molecule has 150 valence electrons. The molecule has 1 heterocycles. The van der Waals surface area contributed by atoms with Crippen LogP contribution in [0.3, 0.4) is 0 Å². The number of nitrogens with two attached hydrogens (primary N) is 1. The average molecular weight is 407 g/mol. The van der Waals surface area contributed by atoms with Gasteiger partial charge in [0.1, 0.15) is 17.9 Å². The van der Waals surface area contributed by atoms with Crippen LogP contribution in [0, 0.1) is 0 Å². The zero-order valence-electron chi connectivity index (χ0n) is 16.7. The fourth-order valence-electron chi connectivity index (χ4n) is 3.51. The van der Waals surface area contributed by atoms with E-state index in [1.54, 1.807) is 30.5 Å². The molecule has 0 bridgehead atoms. The Hall–Kier alpha value is -3.44. The number of carboxylic acids is 1. The highest BCUT2D eigenvalue weighted by molar-refractivity contribution is 6.39. The van der Waals surface area contributed by atoms with Crippen LogP contribution in [0.15, 0.2) is 77.4 Å². The Labute approximate surface area is 182 Å². The molecular formula is C24H19B2NO4. The summed E-state index contributed by atoms with van der Waals surface area (Å²) in [6, 6.07) is 20.3. The van der Waals surface area contributed by atoms with Crippen molar-refractivity contribution >= 4 is 32.6 Å². The van der Waals surface area contributed by atoms with Gasteiger partial charge in [-0.3, -0.25) is 4.79 Å². The Morgan fingerprint density at radius 2 is 1.87 bits per heavy atom. The molecule has 0 unspecified atom stereocenters. The first-order valence-corrected chi connectivity index (χ1v) is 9.71. The molecule has 0 saturated heterocycles. The molecule has 3 aromatic carbocycles. The highest BCUT2D eigenvalue weighted by Gasteiger charge is 2.16. The summed E-state index contributed by atoms with van der Waals surface area (Å²) in [5, 5.41) is 8.59. The zero-order chi connectivity index (χ0) is 22.0. The predicted molar refractivity (Wildman–Crippen MR) is 121 cm³/mol. The van der Waals surface area contributed by atoms with Crippen molar-refractivity contribution in [3.05, 3.63) is 89.7 Å². The smallest absolute Gasteiger partial charge is 0.307 e. The number of ether oxygens (including phenoxy) is 1. The third kappa shape index (κ3) is 4.67. The van der Waals surface area contributed by atoms with Gasteiger partial charge in [0.15, 0.2) is 0 Å². The van der Waals surface area contributed by atoms with Crippen molar-refractivity contribution in [1.82, 2.24) is 0 Å². The van der Waals surface area contributed by atoms with Gasteiger partial charge in [0.05, 0.1) is 28.4 Å². The molecule has 3 N–H and O–H groups in total. The molecule has 1 aromatic heterocycles. The van der Waals surface area contributed by atoms with Crippen molar-refractivity contribution in [2.24, 2.45) is 5.73 Å². The van der Waals surface area contributed by atoms with E-state index in [2.05, 4.69) is 0 Å². The second-order valence-corrected chi connectivity index (χ2v) is 7.46. The summed E-state index contributed by atoms with van der Waals surface area (Å²) >= 11 is 0. The standard InChI is InChI=1S/C24H19B2NO4/c25-24(26,27)19-6-3-5-16(12-19)20-11-15(10-18-8-9-30-23(18)20)14-31-21-7-2-1-4-17(21)13-22(28)29/h1-12H,13-14,27H2,(H,28,29). The number of carboxylic acid groups (broad SMARTS) is 1. The van der Waals surface area contributed by atoms with E-state index in [9.17, 15) is 4.79 Å². The van der Waals surface area contributed by atoms with E-state index in [0.29, 0.717) is 16.9 Å². The normalized spacial score (nSPS) is 11.5. The first-order chi connectivity index (χ1) is 14.8. The Morgan fingerprint density at radius 3 is 2.65 bits per heavy atom. The number of furan rings is 1. The fourth-order valence-corrected chi connectivity index (χ4v) is 3.51. The summed E-state index contributed by atoms with van der Waals surface area (Å²) < 4.78 is 11.7. The van der Waals surface area contributed by atoms with Crippen LogP contribution in [0.2, 0.25) is 0 Å². The number of fused-ring (bicyclic) bond motifs is 1. The highest BCUT2D eigenvalue weighted by Crippen LogP contribution is 2.33. The van der Waals surface area contributed by atoms with Gasteiger partial charge in [0, 0.05) is 16.5 Å². The monoisotopic (exact) mass is 407 g/mol. The van der Waals surface area contributed by atoms with Crippen molar-refractivity contribution in [1.29, 1.82) is 0 Å². The van der Waals surface area contributed by atoms with Crippen LogP contribution in [0.1, 0.15) is 16.7 Å². The number of aliphatic carboxylic acids is 1. The molecule has 0 spiro atoms. The number of hydrogen-bond donors (Lipinski definition) is 2. The fraction of sp³-hybridized carbons (Fsp3) is 0.125. The molecule has 0 saturated carbocycles. The molecule has 0 fully saturated rings. The Balaban J connectivity index is 1.68. The summed E-state index contributed by atoms with van der Waals surface area (Å²) in [6.07, 6.45) is 1.53. The SMILES string of the molecule is [B]C([B])(N)c1cccc(-c2cc(COc3ccccc3CC(=O)O)cc3ccoc23)c1. The summed E-state index contributed by atoms with van der Waals surface area (Å²) in [7, 11) is 11.7. The van der Waals surface area contributed by atoms with E-state index in [0.717, 1.165) is 27.7 Å². The van der Waals surface area contributed by atoms with E-state index < -0.39 is 11.3 Å². The van der Waals surface area contributed by atoms with Crippen LogP contribution >= 0.6 is 0 Å². The Bertz CT molecular complexity index is 1240. The molecule has 0 aliphatic rings. The third-order valence-corrected chi connectivity index (χ3v) is 4.99. The molecule has 0 amide bonds. The highest BCUT2D eigenvalue weighted by atomic mass is 16.5. The van der Waals surface area contributed by atoms with Gasteiger partial charge in [-0.2, -0.15) is 0 Å². The number of benzene rings is 3. The van der Waals surface area contributed by atoms with Gasteiger partial charge in [0.2, 0.25) is 0 Å². The van der Waals surface area contributed by atoms with Gasteiger partial charge in [-0.15, -0.1) is 0 Å². The number of carbonyl (C=O) groups is 1. The molecule has 4 aromatic rings. The summed E-state index contributed by atoms with van der Waals surface area (Å²) in [5.74, 6) is -0.367. The van der Waals surface area contributed by atoms with Crippen LogP contribution in [0.5, 0.6) is 5.75 Å². The molecule has 0 aliphatic carbocycles. The number of rotatable bonds is 7. The molecule has 0 atom stereocenters. The van der Waals surface area contributed by atoms with E-state index in [4.69, 9.17) is 35.7 Å². The van der Waals surface area contributed by atoms with Crippen molar-refractivity contribution in [2.45, 2.75) is 18.4 Å². The predicted octanol–water partition coefficient (Wildman–Crippen LogP) is 3.71. The third-order valence-electron chi connectivity index (χ3n) is 4.99. The number of para-hydroxylation sites is 1. The molecule has 4 radical (unpaired) electrons. The quantitative estimate of drug-likeness (QED) is 0.457. The minimum Gasteiger partial charge on any atom is -0.489 e. The maximum Gasteiger partial charge on any atom is 0.307 e. The second kappa shape index (κ2) is 8.36. The van der Waals surface area contributed by atoms with Crippen LogP contribution in [-0.4, -0.2) is 26.8 Å². The Morgan fingerprint density at radius 1 is 1.06 bits per heavy atom. The van der Waals surface area contributed by atoms with Gasteiger partial charge >= 0.3 is 5.97 Å². The van der Waals surface area contributed by atoms with Gasteiger partial charge in [-0.25, -0.2) is 0 Å². The van der Waals surface area contributed by atoms with Gasteiger partial charge in [-0.1, -0.05) is 42.5 Å². The maximum absolute atomic E-state index is 11.1. The summed E-state index contributed by atoms with van der Waals surface area (Å²) in [6.45, 7) is 0.263. The lowest BCUT2D eigenvalue weighted by Crippen LogP contribution is -2.37. The minimum atomic E-state index is -1.45. The lowest BCUT2D eigenvalue weighted by molar-refractivity contribution is -0.136. The van der Waals surface area contributed by atoms with Crippen LogP contribution in [0.4, 0.5) is 0 Å². The van der Waals surface area contributed by atoms with Crippen molar-refractivity contribution in [3.8, 4) is 16.9 Å². The molecule has 31 heavy (non-hydrogen) atoms. The van der Waals surface area contributed by atoms with Crippen LogP contribution < -0.4 is 10.5 Å². The van der Waals surface area contributed by atoms with Crippen LogP contribution in [0.25, 0.3) is 22.1 Å². The lowest BCUT2D eigenvalue weighted by Gasteiger charge is -2.21. The number of hydrogen-bond acceptors (Lipinski definition) is 4. The molecule has 0 aliphatic heterocycles. The van der Waals surface area contributed by atoms with Gasteiger partial charge in [0.25, 0.3) is 0 Å². The summed E-state index contributed by atoms with van der Waals surface area (Å²) in [5.41, 5.74) is 10.4. The molecule has 5 nitrogen and oxygen atoms in total. The van der Waals surface area contributed by atoms with Crippen molar-refractivity contribution in [3.63, 3.8) is 0 Å². The van der Waals surface area contributed by atoms with Gasteiger partial charge in [-0.05, 0) is 46.3 Å². The molecule has 4 rings (SSSR count). The van der Waals surface area contributed by atoms with Crippen LogP contribution in [-0.2, 0) is 23.2 Å². The second-order valence-electron chi connectivity index (χ2n) is 7.46. The molecular weight excluding hydrogens is 388 g/mol. The van der Waals surface area contributed by atoms with Crippen molar-refractivity contribution in [2.75, 3.05) is 0 Å². The average Bonchev–Trinajstić information content (AvgIpc) is 3.20.